The number of para-hydroxylation sites is 2. The minimum absolute atomic E-state index is 0.0413. The summed E-state index contributed by atoms with van der Waals surface area (Å²) in [6.45, 7) is 1.88. The molecule has 0 amide bonds. The molecule has 27 heavy (non-hydrogen) atoms. The predicted octanol–water partition coefficient (Wildman–Crippen LogP) is 3.86. The molecule has 2 aromatic heterocycles. The van der Waals surface area contributed by atoms with Gasteiger partial charge in [-0.15, -0.1) is 0 Å². The molecule has 0 aliphatic rings. The Kier molecular flexibility index (Phi) is 4.16. The van der Waals surface area contributed by atoms with E-state index in [9.17, 15) is 9.59 Å². The molecule has 0 fully saturated rings. The van der Waals surface area contributed by atoms with E-state index < -0.39 is 11.5 Å². The minimum atomic E-state index is -0.666. The Balaban J connectivity index is 2.19. The Hall–Kier alpha value is -3.54. The summed E-state index contributed by atoms with van der Waals surface area (Å²) < 4.78 is 10.6. The number of ether oxygens (including phenoxy) is 2. The first kappa shape index (κ1) is 16.9. The van der Waals surface area contributed by atoms with Crippen LogP contribution in [0, 0.1) is 0 Å². The summed E-state index contributed by atoms with van der Waals surface area (Å²) in [5.41, 5.74) is 2.74. The molecule has 2 aromatic carbocycles. The van der Waals surface area contributed by atoms with Crippen molar-refractivity contribution in [1.82, 2.24) is 9.97 Å². The number of aromatic amines is 2. The van der Waals surface area contributed by atoms with Gasteiger partial charge in [0.15, 0.2) is 0 Å². The van der Waals surface area contributed by atoms with Crippen molar-refractivity contribution in [3.63, 3.8) is 0 Å². The molecule has 2 N–H and O–H groups in total. The Labute approximate surface area is 154 Å². The van der Waals surface area contributed by atoms with Crippen molar-refractivity contribution in [2.24, 2.45) is 0 Å². The third-order valence-corrected chi connectivity index (χ3v) is 4.53. The zero-order valence-corrected chi connectivity index (χ0v) is 15.0. The van der Waals surface area contributed by atoms with Crippen LogP contribution in [0.15, 0.2) is 53.3 Å². The molecule has 0 aliphatic carbocycles. The average molecular weight is 362 g/mol. The molecule has 2 heterocycles. The largest absolute Gasteiger partial charge is 0.496 e. The monoisotopic (exact) mass is 362 g/mol. The van der Waals surface area contributed by atoms with Gasteiger partial charge < -0.3 is 19.4 Å². The standard InChI is InChI=1S/C21H18N2O4/c1-3-27-21(25)17-16(13-9-5-7-11-15(13)26-2)19-18(23-20(17)24)12-8-4-6-10-14(12)22-19/h4-11,22H,3H2,1-2H3,(H,23,24). The lowest BCUT2D eigenvalue weighted by Crippen LogP contribution is -2.21. The minimum Gasteiger partial charge on any atom is -0.496 e. The maximum absolute atomic E-state index is 12.9. The number of aromatic nitrogens is 2. The van der Waals surface area contributed by atoms with Crippen molar-refractivity contribution in [1.29, 1.82) is 0 Å². The number of hydrogen-bond donors (Lipinski definition) is 2. The first-order chi connectivity index (χ1) is 13.2. The fourth-order valence-corrected chi connectivity index (χ4v) is 3.39. The predicted molar refractivity (Wildman–Crippen MR) is 104 cm³/mol. The SMILES string of the molecule is CCOC(=O)c1c(-c2ccccc2OC)c2[nH]c3ccccc3c2[nH]c1=O. The summed E-state index contributed by atoms with van der Waals surface area (Å²) >= 11 is 0. The summed E-state index contributed by atoms with van der Waals surface area (Å²) in [6, 6.07) is 14.9. The zero-order chi connectivity index (χ0) is 19.0. The highest BCUT2D eigenvalue weighted by atomic mass is 16.5. The van der Waals surface area contributed by atoms with E-state index >= 15 is 0 Å². The van der Waals surface area contributed by atoms with Gasteiger partial charge in [-0.25, -0.2) is 4.79 Å². The van der Waals surface area contributed by atoms with Gasteiger partial charge in [-0.1, -0.05) is 36.4 Å². The zero-order valence-electron chi connectivity index (χ0n) is 15.0. The molecule has 4 aromatic rings. The van der Waals surface area contributed by atoms with Gasteiger partial charge in [0.2, 0.25) is 0 Å². The third kappa shape index (κ3) is 2.66. The number of hydrogen-bond acceptors (Lipinski definition) is 4. The molecule has 0 bridgehead atoms. The van der Waals surface area contributed by atoms with Crippen LogP contribution in [0.25, 0.3) is 33.1 Å². The van der Waals surface area contributed by atoms with Crippen LogP contribution in [0.3, 0.4) is 0 Å². The van der Waals surface area contributed by atoms with Crippen LogP contribution in [0.4, 0.5) is 0 Å². The van der Waals surface area contributed by atoms with Crippen LogP contribution < -0.4 is 10.3 Å². The number of methoxy groups -OCH3 is 1. The normalized spacial score (nSPS) is 11.0. The fraction of sp³-hybridized carbons (Fsp3) is 0.143. The van der Waals surface area contributed by atoms with Crippen LogP contribution in [0.1, 0.15) is 17.3 Å². The van der Waals surface area contributed by atoms with Crippen molar-refractivity contribution in [3.05, 3.63) is 64.4 Å². The van der Waals surface area contributed by atoms with Crippen LogP contribution in [0.5, 0.6) is 5.75 Å². The Bertz CT molecular complexity index is 1220. The number of H-pyrrole nitrogens is 2. The molecule has 0 spiro atoms. The van der Waals surface area contributed by atoms with Gasteiger partial charge in [0.05, 0.1) is 24.8 Å². The topological polar surface area (TPSA) is 84.2 Å². The summed E-state index contributed by atoms with van der Waals surface area (Å²) in [5, 5.41) is 0.871. The molecule has 136 valence electrons. The number of carbonyl (C=O) groups is 1. The lowest BCUT2D eigenvalue weighted by molar-refractivity contribution is 0.0525. The number of rotatable bonds is 4. The summed E-state index contributed by atoms with van der Waals surface area (Å²) in [4.78, 5) is 31.7. The quantitative estimate of drug-likeness (QED) is 0.540. The molecule has 0 unspecified atom stereocenters. The number of fused-ring (bicyclic) bond motifs is 3. The third-order valence-electron chi connectivity index (χ3n) is 4.53. The highest BCUT2D eigenvalue weighted by molar-refractivity contribution is 6.14. The van der Waals surface area contributed by atoms with Crippen LogP contribution in [0.2, 0.25) is 0 Å². The van der Waals surface area contributed by atoms with E-state index in [0.29, 0.717) is 27.9 Å². The molecule has 0 atom stereocenters. The number of benzene rings is 2. The van der Waals surface area contributed by atoms with Gasteiger partial charge in [-0.05, 0) is 19.1 Å². The van der Waals surface area contributed by atoms with Crippen molar-refractivity contribution in [2.45, 2.75) is 6.92 Å². The van der Waals surface area contributed by atoms with Crippen LogP contribution >= 0.6 is 0 Å². The number of esters is 1. The van der Waals surface area contributed by atoms with Gasteiger partial charge >= 0.3 is 5.97 Å². The lowest BCUT2D eigenvalue weighted by Gasteiger charge is -2.13. The molecular weight excluding hydrogens is 344 g/mol. The molecule has 0 saturated heterocycles. The first-order valence-corrected chi connectivity index (χ1v) is 8.63. The molecule has 6 nitrogen and oxygen atoms in total. The van der Waals surface area contributed by atoms with Gasteiger partial charge in [0, 0.05) is 22.0 Å². The van der Waals surface area contributed by atoms with Crippen molar-refractivity contribution >= 4 is 27.9 Å². The Morgan fingerprint density at radius 2 is 1.74 bits per heavy atom. The Morgan fingerprint density at radius 3 is 2.52 bits per heavy atom. The molecule has 0 saturated carbocycles. The van der Waals surface area contributed by atoms with Gasteiger partial charge in [0.1, 0.15) is 11.3 Å². The maximum atomic E-state index is 12.9. The van der Waals surface area contributed by atoms with E-state index in [-0.39, 0.29) is 12.2 Å². The summed E-state index contributed by atoms with van der Waals surface area (Å²) in [7, 11) is 1.55. The molecule has 0 aliphatic heterocycles. The summed E-state index contributed by atoms with van der Waals surface area (Å²) in [6.07, 6.45) is 0. The lowest BCUT2D eigenvalue weighted by atomic mass is 9.98. The van der Waals surface area contributed by atoms with Gasteiger partial charge in [0.25, 0.3) is 5.56 Å². The van der Waals surface area contributed by atoms with E-state index in [1.807, 2.05) is 42.5 Å². The second-order valence-electron chi connectivity index (χ2n) is 6.05. The van der Waals surface area contributed by atoms with E-state index in [1.165, 1.54) is 0 Å². The van der Waals surface area contributed by atoms with Crippen LogP contribution in [-0.2, 0) is 4.74 Å². The van der Waals surface area contributed by atoms with Crippen molar-refractivity contribution in [2.75, 3.05) is 13.7 Å². The fourth-order valence-electron chi connectivity index (χ4n) is 3.39. The second-order valence-corrected chi connectivity index (χ2v) is 6.05. The second kappa shape index (κ2) is 6.64. The smallest absolute Gasteiger partial charge is 0.344 e. The molecule has 0 radical (unpaired) electrons. The first-order valence-electron chi connectivity index (χ1n) is 8.63. The van der Waals surface area contributed by atoms with E-state index in [4.69, 9.17) is 9.47 Å². The molecule has 6 heteroatoms. The highest BCUT2D eigenvalue weighted by Crippen LogP contribution is 2.37. The Morgan fingerprint density at radius 1 is 1.00 bits per heavy atom. The van der Waals surface area contributed by atoms with E-state index in [0.717, 1.165) is 10.9 Å². The number of nitrogens with one attached hydrogen (secondary N) is 2. The van der Waals surface area contributed by atoms with E-state index in [1.54, 1.807) is 20.1 Å². The van der Waals surface area contributed by atoms with Crippen LogP contribution in [-0.4, -0.2) is 29.7 Å². The van der Waals surface area contributed by atoms with Crippen molar-refractivity contribution in [3.8, 4) is 16.9 Å². The average Bonchev–Trinajstić information content (AvgIpc) is 3.05. The summed E-state index contributed by atoms with van der Waals surface area (Å²) in [5.74, 6) is -0.103. The molecule has 4 rings (SSSR count). The van der Waals surface area contributed by atoms with Gasteiger partial charge in [-0.2, -0.15) is 0 Å². The highest BCUT2D eigenvalue weighted by Gasteiger charge is 2.25. The maximum Gasteiger partial charge on any atom is 0.344 e. The number of carbonyl (C=O) groups excluding carboxylic acids is 1. The number of pyridine rings is 1. The molecular formula is C21H18N2O4. The van der Waals surface area contributed by atoms with E-state index in [2.05, 4.69) is 9.97 Å². The van der Waals surface area contributed by atoms with Gasteiger partial charge in [-0.3, -0.25) is 4.79 Å². The van der Waals surface area contributed by atoms with Crippen molar-refractivity contribution < 1.29 is 14.3 Å².